The van der Waals surface area contributed by atoms with Crippen molar-refractivity contribution in [1.29, 1.82) is 0 Å². The van der Waals surface area contributed by atoms with Gasteiger partial charge in [-0.25, -0.2) is 0 Å². The van der Waals surface area contributed by atoms with E-state index in [1.807, 2.05) is 0 Å². The van der Waals surface area contributed by atoms with E-state index < -0.39 is 39.5 Å². The molecular weight excluding hydrogens is 416 g/mol. The Labute approximate surface area is 199 Å². The van der Waals surface area contributed by atoms with Crippen LogP contribution in [0.15, 0.2) is 23.8 Å². The highest BCUT2D eigenvalue weighted by molar-refractivity contribution is 6.00. The minimum absolute atomic E-state index is 0.0669. The van der Waals surface area contributed by atoms with E-state index in [-0.39, 0.29) is 18.3 Å². The van der Waals surface area contributed by atoms with Crippen molar-refractivity contribution in [2.75, 3.05) is 0 Å². The molecule has 3 saturated carbocycles. The fraction of sp³-hybridized carbons (Fsp3) is 0.821. The van der Waals surface area contributed by atoms with Gasteiger partial charge in [0.1, 0.15) is 5.60 Å². The highest BCUT2D eigenvalue weighted by atomic mass is 16.3. The van der Waals surface area contributed by atoms with Gasteiger partial charge in [-0.3, -0.25) is 4.79 Å². The largest absolute Gasteiger partial charge is 0.393 e. The third kappa shape index (κ3) is 3.15. The number of hydrogen-bond acceptors (Lipinski definition) is 5. The summed E-state index contributed by atoms with van der Waals surface area (Å²) in [5, 5.41) is 46.1. The fourth-order valence-electron chi connectivity index (χ4n) is 7.89. The quantitative estimate of drug-likeness (QED) is 0.477. The first kappa shape index (κ1) is 25.1. The van der Waals surface area contributed by atoms with Crippen molar-refractivity contribution in [2.24, 2.45) is 34.5 Å². The van der Waals surface area contributed by atoms with Crippen molar-refractivity contribution in [1.82, 2.24) is 0 Å². The second kappa shape index (κ2) is 7.74. The average molecular weight is 461 g/mol. The molecule has 1 unspecified atom stereocenters. The molecule has 4 aliphatic carbocycles. The van der Waals surface area contributed by atoms with Gasteiger partial charge in [0.25, 0.3) is 0 Å². The first-order valence-corrected chi connectivity index (χ1v) is 13.0. The van der Waals surface area contributed by atoms with Gasteiger partial charge in [-0.05, 0) is 73.8 Å². The maximum Gasteiger partial charge on any atom is 0.188 e. The Balaban J connectivity index is 1.73. The molecule has 0 aromatic rings. The predicted octanol–water partition coefficient (Wildman–Crippen LogP) is 3.93. The van der Waals surface area contributed by atoms with E-state index in [1.165, 1.54) is 6.08 Å². The lowest BCUT2D eigenvalue weighted by Crippen LogP contribution is -2.74. The topological polar surface area (TPSA) is 98.0 Å². The Hall–Kier alpha value is -1.01. The lowest BCUT2D eigenvalue weighted by molar-refractivity contribution is -0.237. The van der Waals surface area contributed by atoms with Crippen LogP contribution < -0.4 is 0 Å². The highest BCUT2D eigenvalue weighted by Crippen LogP contribution is 2.70. The lowest BCUT2D eigenvalue weighted by atomic mass is 9.42. The van der Waals surface area contributed by atoms with Crippen LogP contribution in [0, 0.1) is 34.5 Å². The van der Waals surface area contributed by atoms with Gasteiger partial charge in [0.2, 0.25) is 0 Å². The minimum atomic E-state index is -1.81. The van der Waals surface area contributed by atoms with Crippen LogP contribution in [-0.4, -0.2) is 49.1 Å². The Kier molecular flexibility index (Phi) is 5.89. The van der Waals surface area contributed by atoms with Crippen LogP contribution in [0.4, 0.5) is 0 Å². The second-order valence-corrected chi connectivity index (χ2v) is 12.6. The second-order valence-electron chi connectivity index (χ2n) is 12.6. The summed E-state index contributed by atoms with van der Waals surface area (Å²) < 4.78 is 0. The standard InChI is InChI=1S/C28H44O5/c1-17(2)18(3)7-8-19(4)21-10-12-26(31)22-15-23(30)28(33)16-20(29)9-11-25(28,6)27(22,32)14-13-24(21,26)5/h7-8,15,17-21,29,31-33H,9-14,16H2,1-6H3/b8-7+/t18?,19-,20+,21-,24-,25-,26-,27-,28+/m1/s1. The molecule has 0 spiro atoms. The normalized spacial score (nSPS) is 49.4. The molecule has 9 atom stereocenters. The Morgan fingerprint density at radius 1 is 0.909 bits per heavy atom. The molecule has 4 aliphatic rings. The van der Waals surface area contributed by atoms with E-state index in [1.54, 1.807) is 6.92 Å². The smallest absolute Gasteiger partial charge is 0.188 e. The number of carbonyl (C=O) groups is 1. The molecule has 0 aromatic carbocycles. The molecule has 4 N–H and O–H groups in total. The summed E-state index contributed by atoms with van der Waals surface area (Å²) in [6.07, 6.45) is 8.21. The molecule has 0 amide bonds. The van der Waals surface area contributed by atoms with Gasteiger partial charge >= 0.3 is 0 Å². The monoisotopic (exact) mass is 460 g/mol. The molecule has 3 fully saturated rings. The zero-order valence-corrected chi connectivity index (χ0v) is 21.3. The summed E-state index contributed by atoms with van der Waals surface area (Å²) in [4.78, 5) is 13.3. The number of hydrogen-bond donors (Lipinski definition) is 4. The maximum atomic E-state index is 13.3. The molecule has 0 radical (unpaired) electrons. The summed E-state index contributed by atoms with van der Waals surface area (Å²) in [5.41, 5.74) is -5.75. The molecule has 5 nitrogen and oxygen atoms in total. The van der Waals surface area contributed by atoms with Gasteiger partial charge in [-0.1, -0.05) is 53.7 Å². The van der Waals surface area contributed by atoms with Crippen molar-refractivity contribution < 1.29 is 25.2 Å². The van der Waals surface area contributed by atoms with Crippen LogP contribution in [0.25, 0.3) is 0 Å². The summed E-state index contributed by atoms with van der Waals surface area (Å²) in [6, 6.07) is 0. The Bertz CT molecular complexity index is 878. The van der Waals surface area contributed by atoms with E-state index in [0.29, 0.717) is 49.5 Å². The Morgan fingerprint density at radius 2 is 1.58 bits per heavy atom. The lowest BCUT2D eigenvalue weighted by Gasteiger charge is -2.65. The molecule has 0 heterocycles. The van der Waals surface area contributed by atoms with Gasteiger partial charge in [0, 0.05) is 17.3 Å². The molecule has 0 bridgehead atoms. The maximum absolute atomic E-state index is 13.3. The summed E-state index contributed by atoms with van der Waals surface area (Å²) in [5.74, 6) is 1.08. The van der Waals surface area contributed by atoms with Crippen molar-refractivity contribution in [3.8, 4) is 0 Å². The predicted molar refractivity (Wildman–Crippen MR) is 128 cm³/mol. The van der Waals surface area contributed by atoms with Crippen molar-refractivity contribution in [3.63, 3.8) is 0 Å². The minimum Gasteiger partial charge on any atom is -0.393 e. The van der Waals surface area contributed by atoms with E-state index in [4.69, 9.17) is 0 Å². The van der Waals surface area contributed by atoms with E-state index in [9.17, 15) is 25.2 Å². The number of allylic oxidation sites excluding steroid dienone is 2. The number of rotatable bonds is 4. The van der Waals surface area contributed by atoms with Gasteiger partial charge in [0.05, 0.1) is 17.3 Å². The summed E-state index contributed by atoms with van der Waals surface area (Å²) in [6.45, 7) is 12.8. The average Bonchev–Trinajstić information content (AvgIpc) is 3.02. The SMILES string of the molecule is CC(C)C(C)/C=C/[C@@H](C)[C@H]1CC[C@@]2(O)C3=CC(=O)[C@@]4(O)C[C@@H](O)CC[C@]4(C)[C@@]3(O)CC[C@]12C. The van der Waals surface area contributed by atoms with E-state index in [0.717, 1.165) is 6.42 Å². The third-order valence-electron chi connectivity index (χ3n) is 10.9. The van der Waals surface area contributed by atoms with Crippen molar-refractivity contribution in [3.05, 3.63) is 23.8 Å². The van der Waals surface area contributed by atoms with E-state index >= 15 is 0 Å². The molecule has 5 heteroatoms. The van der Waals surface area contributed by atoms with Crippen LogP contribution in [0.2, 0.25) is 0 Å². The third-order valence-corrected chi connectivity index (χ3v) is 10.9. The molecule has 0 aromatic heterocycles. The van der Waals surface area contributed by atoms with Crippen LogP contribution in [-0.2, 0) is 4.79 Å². The number of aliphatic hydroxyl groups is 4. The van der Waals surface area contributed by atoms with Crippen LogP contribution >= 0.6 is 0 Å². The molecular formula is C28H44O5. The number of carbonyl (C=O) groups excluding carboxylic acids is 1. The zero-order valence-electron chi connectivity index (χ0n) is 21.3. The first-order valence-electron chi connectivity index (χ1n) is 13.0. The van der Waals surface area contributed by atoms with Crippen LogP contribution in [0.3, 0.4) is 0 Å². The van der Waals surface area contributed by atoms with Gasteiger partial charge in [-0.15, -0.1) is 0 Å². The number of ketones is 1. The first-order chi connectivity index (χ1) is 15.2. The summed E-state index contributed by atoms with van der Waals surface area (Å²) in [7, 11) is 0. The van der Waals surface area contributed by atoms with Crippen LogP contribution in [0.5, 0.6) is 0 Å². The molecule has 186 valence electrons. The van der Waals surface area contributed by atoms with Crippen molar-refractivity contribution in [2.45, 2.75) is 109 Å². The van der Waals surface area contributed by atoms with Crippen molar-refractivity contribution >= 4 is 5.78 Å². The Morgan fingerprint density at radius 3 is 2.21 bits per heavy atom. The van der Waals surface area contributed by atoms with Gasteiger partial charge in [-0.2, -0.15) is 0 Å². The number of fused-ring (bicyclic) bond motifs is 5. The van der Waals surface area contributed by atoms with Gasteiger partial charge < -0.3 is 20.4 Å². The van der Waals surface area contributed by atoms with Gasteiger partial charge in [0.15, 0.2) is 5.78 Å². The zero-order chi connectivity index (χ0) is 24.6. The van der Waals surface area contributed by atoms with Crippen LogP contribution in [0.1, 0.15) is 86.5 Å². The summed E-state index contributed by atoms with van der Waals surface area (Å²) >= 11 is 0. The number of aliphatic hydroxyl groups excluding tert-OH is 1. The molecule has 33 heavy (non-hydrogen) atoms. The molecule has 0 saturated heterocycles. The fourth-order valence-corrected chi connectivity index (χ4v) is 7.89. The molecule has 0 aliphatic heterocycles. The molecule has 4 rings (SSSR count). The highest BCUT2D eigenvalue weighted by Gasteiger charge is 2.74. The van der Waals surface area contributed by atoms with E-state index in [2.05, 4.69) is 46.8 Å².